The van der Waals surface area contributed by atoms with E-state index in [0.717, 1.165) is 12.0 Å². The van der Waals surface area contributed by atoms with Crippen molar-refractivity contribution in [3.8, 4) is 0 Å². The van der Waals surface area contributed by atoms with Crippen LogP contribution in [-0.2, 0) is 16.0 Å². The van der Waals surface area contributed by atoms with Gasteiger partial charge in [0.05, 0.1) is 5.54 Å². The number of carboxylic acid groups (broad SMARTS) is 1. The van der Waals surface area contributed by atoms with Crippen LogP contribution in [0.4, 0.5) is 0 Å². The van der Waals surface area contributed by atoms with Crippen LogP contribution >= 0.6 is 0 Å². The number of amides is 1. The van der Waals surface area contributed by atoms with E-state index >= 15 is 0 Å². The Bertz CT molecular complexity index is 574. The van der Waals surface area contributed by atoms with Crippen LogP contribution in [-0.4, -0.2) is 39.5 Å². The van der Waals surface area contributed by atoms with Crippen molar-refractivity contribution in [2.75, 3.05) is 6.54 Å². The largest absolute Gasteiger partial charge is 0.479 e. The molecule has 1 aromatic carbocycles. The summed E-state index contributed by atoms with van der Waals surface area (Å²) in [6.45, 7) is 0.499. The summed E-state index contributed by atoms with van der Waals surface area (Å²) in [6, 6.07) is 9.66. The van der Waals surface area contributed by atoms with Gasteiger partial charge in [0.1, 0.15) is 5.54 Å². The topological polar surface area (TPSA) is 83.6 Å². The Kier molecular flexibility index (Phi) is 3.24. The monoisotopic (exact) mass is 288 g/mol. The maximum Gasteiger partial charge on any atom is 0.329 e. The molecule has 2 aliphatic heterocycles. The van der Waals surface area contributed by atoms with Crippen LogP contribution in [0.2, 0.25) is 0 Å². The molecule has 0 radical (unpaired) electrons. The number of fused-ring (bicyclic) bond motifs is 1. The average Bonchev–Trinajstić information content (AvgIpc) is 2.90. The standard InChI is InChI=1S/C16H20N2O3/c17-15(11-12-5-2-1-3-6-12)8-9-16(14(20)21)7-4-10-18(16)13(15)19/h1-3,5-6H,4,7-11,17H2,(H,20,21)/t15-,16+/m0/s1. The van der Waals surface area contributed by atoms with E-state index in [4.69, 9.17) is 5.73 Å². The third-order valence-corrected chi connectivity index (χ3v) is 4.91. The first kappa shape index (κ1) is 14.1. The molecule has 0 spiro atoms. The molecule has 3 N–H and O–H groups in total. The summed E-state index contributed by atoms with van der Waals surface area (Å²) in [7, 11) is 0. The zero-order valence-corrected chi connectivity index (χ0v) is 11.9. The van der Waals surface area contributed by atoms with E-state index < -0.39 is 17.0 Å². The number of carbonyl (C=O) groups excluding carboxylic acids is 1. The van der Waals surface area contributed by atoms with Crippen molar-refractivity contribution >= 4 is 11.9 Å². The van der Waals surface area contributed by atoms with Crippen molar-refractivity contribution in [3.05, 3.63) is 35.9 Å². The average molecular weight is 288 g/mol. The molecule has 112 valence electrons. The van der Waals surface area contributed by atoms with E-state index in [1.807, 2.05) is 30.3 Å². The maximum atomic E-state index is 12.8. The summed E-state index contributed by atoms with van der Waals surface area (Å²) in [5, 5.41) is 9.54. The summed E-state index contributed by atoms with van der Waals surface area (Å²) in [5.41, 5.74) is 5.38. The Morgan fingerprint density at radius 1 is 1.24 bits per heavy atom. The third-order valence-electron chi connectivity index (χ3n) is 4.91. The molecule has 5 heteroatoms. The second kappa shape index (κ2) is 4.84. The Morgan fingerprint density at radius 2 is 1.95 bits per heavy atom. The van der Waals surface area contributed by atoms with Crippen molar-refractivity contribution in [2.45, 2.75) is 43.2 Å². The molecule has 0 aromatic heterocycles. The SMILES string of the molecule is N[C@]1(Cc2ccccc2)CC[C@@]2(C(=O)O)CCCN2C1=O. The van der Waals surface area contributed by atoms with Gasteiger partial charge in [-0.05, 0) is 37.7 Å². The second-order valence-corrected chi connectivity index (χ2v) is 6.22. The minimum Gasteiger partial charge on any atom is -0.479 e. The van der Waals surface area contributed by atoms with Crippen molar-refractivity contribution in [3.63, 3.8) is 0 Å². The van der Waals surface area contributed by atoms with Gasteiger partial charge in [-0.15, -0.1) is 0 Å². The predicted molar refractivity (Wildman–Crippen MR) is 77.6 cm³/mol. The number of hydrogen-bond donors (Lipinski definition) is 2. The van der Waals surface area contributed by atoms with Gasteiger partial charge in [-0.25, -0.2) is 4.79 Å². The Balaban J connectivity index is 1.87. The zero-order chi connectivity index (χ0) is 15.1. The molecule has 0 unspecified atom stereocenters. The molecule has 21 heavy (non-hydrogen) atoms. The van der Waals surface area contributed by atoms with Gasteiger partial charge < -0.3 is 15.7 Å². The van der Waals surface area contributed by atoms with Gasteiger partial charge in [0.25, 0.3) is 0 Å². The molecule has 1 aromatic rings. The Hall–Kier alpha value is -1.88. The molecule has 2 heterocycles. The Labute approximate surface area is 123 Å². The van der Waals surface area contributed by atoms with Gasteiger partial charge in [-0.2, -0.15) is 0 Å². The van der Waals surface area contributed by atoms with Crippen molar-refractivity contribution < 1.29 is 14.7 Å². The van der Waals surface area contributed by atoms with Gasteiger partial charge in [0, 0.05) is 6.54 Å². The molecule has 5 nitrogen and oxygen atoms in total. The van der Waals surface area contributed by atoms with Crippen LogP contribution in [0.15, 0.2) is 30.3 Å². The van der Waals surface area contributed by atoms with Crippen LogP contribution < -0.4 is 5.73 Å². The summed E-state index contributed by atoms with van der Waals surface area (Å²) in [4.78, 5) is 25.9. The van der Waals surface area contributed by atoms with Crippen molar-refractivity contribution in [2.24, 2.45) is 5.73 Å². The first-order valence-corrected chi connectivity index (χ1v) is 7.36. The van der Waals surface area contributed by atoms with Crippen molar-refractivity contribution in [1.29, 1.82) is 0 Å². The summed E-state index contributed by atoms with van der Waals surface area (Å²) >= 11 is 0. The van der Waals surface area contributed by atoms with Crippen molar-refractivity contribution in [1.82, 2.24) is 4.90 Å². The molecule has 2 aliphatic rings. The fourth-order valence-corrected chi connectivity index (χ4v) is 3.69. The van der Waals surface area contributed by atoms with Crippen LogP contribution in [0, 0.1) is 0 Å². The highest BCUT2D eigenvalue weighted by Gasteiger charge is 2.57. The zero-order valence-electron chi connectivity index (χ0n) is 11.9. The van der Waals surface area contributed by atoms with E-state index in [9.17, 15) is 14.7 Å². The number of nitrogens with zero attached hydrogens (tertiary/aromatic N) is 1. The van der Waals surface area contributed by atoms with E-state index in [0.29, 0.717) is 32.2 Å². The number of carbonyl (C=O) groups is 2. The summed E-state index contributed by atoms with van der Waals surface area (Å²) in [6.07, 6.45) is 2.59. The predicted octanol–water partition coefficient (Wildman–Crippen LogP) is 1.17. The fourth-order valence-electron chi connectivity index (χ4n) is 3.69. The summed E-state index contributed by atoms with van der Waals surface area (Å²) in [5.74, 6) is -1.10. The molecule has 2 saturated heterocycles. The lowest BCUT2D eigenvalue weighted by Crippen LogP contribution is -2.68. The van der Waals surface area contributed by atoms with Gasteiger partial charge in [-0.3, -0.25) is 4.79 Å². The molecular weight excluding hydrogens is 268 g/mol. The van der Waals surface area contributed by atoms with Gasteiger partial charge in [0.15, 0.2) is 0 Å². The number of benzene rings is 1. The lowest BCUT2D eigenvalue weighted by molar-refractivity contribution is -0.164. The fraction of sp³-hybridized carbons (Fsp3) is 0.500. The van der Waals surface area contributed by atoms with Crippen LogP contribution in [0.5, 0.6) is 0 Å². The van der Waals surface area contributed by atoms with Crippen LogP contribution in [0.3, 0.4) is 0 Å². The number of nitrogens with two attached hydrogens (primary N) is 1. The molecule has 2 fully saturated rings. The number of carboxylic acids is 1. The van der Waals surface area contributed by atoms with E-state index in [-0.39, 0.29) is 5.91 Å². The lowest BCUT2D eigenvalue weighted by atomic mass is 9.75. The van der Waals surface area contributed by atoms with Crippen LogP contribution in [0.1, 0.15) is 31.2 Å². The van der Waals surface area contributed by atoms with E-state index in [2.05, 4.69) is 0 Å². The third kappa shape index (κ3) is 2.12. The van der Waals surface area contributed by atoms with Gasteiger partial charge in [0.2, 0.25) is 5.91 Å². The number of piperidine rings is 1. The second-order valence-electron chi connectivity index (χ2n) is 6.22. The quantitative estimate of drug-likeness (QED) is 0.874. The highest BCUT2D eigenvalue weighted by atomic mass is 16.4. The van der Waals surface area contributed by atoms with Crippen LogP contribution in [0.25, 0.3) is 0 Å². The minimum atomic E-state index is -1.02. The number of aliphatic carboxylic acids is 1. The van der Waals surface area contributed by atoms with E-state index in [1.54, 1.807) is 0 Å². The maximum absolute atomic E-state index is 12.8. The molecule has 0 bridgehead atoms. The van der Waals surface area contributed by atoms with Gasteiger partial charge >= 0.3 is 5.97 Å². The first-order chi connectivity index (χ1) is 9.98. The lowest BCUT2D eigenvalue weighted by Gasteiger charge is -2.46. The smallest absolute Gasteiger partial charge is 0.329 e. The molecule has 2 atom stereocenters. The normalized spacial score (nSPS) is 32.0. The number of hydrogen-bond acceptors (Lipinski definition) is 3. The molecular formula is C16H20N2O3. The minimum absolute atomic E-state index is 0.211. The number of rotatable bonds is 3. The van der Waals surface area contributed by atoms with Gasteiger partial charge in [-0.1, -0.05) is 30.3 Å². The highest BCUT2D eigenvalue weighted by molar-refractivity contribution is 5.94. The van der Waals surface area contributed by atoms with E-state index in [1.165, 1.54) is 4.90 Å². The highest BCUT2D eigenvalue weighted by Crippen LogP contribution is 2.42. The Morgan fingerprint density at radius 3 is 2.62 bits per heavy atom. The summed E-state index contributed by atoms with van der Waals surface area (Å²) < 4.78 is 0. The first-order valence-electron chi connectivity index (χ1n) is 7.36. The molecule has 0 aliphatic carbocycles. The molecule has 1 amide bonds. The molecule has 3 rings (SSSR count). The molecule has 0 saturated carbocycles.